The molecule has 0 aromatic heterocycles. The first-order valence-corrected chi connectivity index (χ1v) is 11.8. The topological polar surface area (TPSA) is 23.6 Å². The highest BCUT2D eigenvalue weighted by Gasteiger charge is 2.25. The van der Waals surface area contributed by atoms with Crippen LogP contribution in [0.5, 0.6) is 0 Å². The maximum absolute atomic E-state index is 14.0. The third kappa shape index (κ3) is 6.27. The van der Waals surface area contributed by atoms with Crippen LogP contribution in [0.2, 0.25) is 10.0 Å². The van der Waals surface area contributed by atoms with E-state index in [1.54, 1.807) is 6.07 Å². The standard InChI is InChI=1S/C27H30Cl2N2O/c1-4-5-15-30(18-22-9-7-6-8-10-22)27(32)31(26-14-11-20(2)16-21(26)3)19-23-12-13-24(28)17-25(23)29/h6-14,16-17H,4-5,15,18-19H2,1-3H3. The van der Waals surface area contributed by atoms with Gasteiger partial charge in [0, 0.05) is 28.8 Å². The van der Waals surface area contributed by atoms with Gasteiger partial charge in [-0.2, -0.15) is 0 Å². The Kier molecular flexibility index (Phi) is 8.60. The zero-order chi connectivity index (χ0) is 23.1. The Bertz CT molecular complexity index is 1050. The lowest BCUT2D eigenvalue weighted by molar-refractivity contribution is 0.200. The van der Waals surface area contributed by atoms with Crippen LogP contribution in [0, 0.1) is 13.8 Å². The molecule has 0 saturated carbocycles. The van der Waals surface area contributed by atoms with Crippen LogP contribution in [-0.4, -0.2) is 17.5 Å². The Morgan fingerprint density at radius 2 is 1.66 bits per heavy atom. The largest absolute Gasteiger partial charge is 0.325 e. The van der Waals surface area contributed by atoms with Crippen LogP contribution in [0.4, 0.5) is 10.5 Å². The average molecular weight is 469 g/mol. The maximum atomic E-state index is 14.0. The predicted octanol–water partition coefficient (Wildman–Crippen LogP) is 8.04. The molecule has 3 aromatic carbocycles. The summed E-state index contributed by atoms with van der Waals surface area (Å²) in [6, 6.07) is 21.7. The van der Waals surface area contributed by atoms with Crippen LogP contribution < -0.4 is 4.90 Å². The summed E-state index contributed by atoms with van der Waals surface area (Å²) in [4.78, 5) is 17.7. The number of halogens is 2. The molecule has 5 heteroatoms. The first-order valence-electron chi connectivity index (χ1n) is 11.0. The summed E-state index contributed by atoms with van der Waals surface area (Å²) in [6.45, 7) is 7.87. The van der Waals surface area contributed by atoms with Crippen molar-refractivity contribution in [2.45, 2.75) is 46.7 Å². The molecule has 3 nitrogen and oxygen atoms in total. The highest BCUT2D eigenvalue weighted by molar-refractivity contribution is 6.35. The number of anilines is 1. The Morgan fingerprint density at radius 3 is 2.31 bits per heavy atom. The first kappa shape index (κ1) is 24.2. The monoisotopic (exact) mass is 468 g/mol. The number of rotatable bonds is 8. The van der Waals surface area contributed by atoms with Crippen molar-refractivity contribution in [1.82, 2.24) is 4.90 Å². The van der Waals surface area contributed by atoms with Gasteiger partial charge in [-0.15, -0.1) is 0 Å². The van der Waals surface area contributed by atoms with Gasteiger partial charge in [0.05, 0.1) is 6.54 Å². The predicted molar refractivity (Wildman–Crippen MR) is 136 cm³/mol. The summed E-state index contributed by atoms with van der Waals surface area (Å²) in [6.07, 6.45) is 1.96. The number of carbonyl (C=O) groups excluding carboxylic acids is 1. The van der Waals surface area contributed by atoms with E-state index in [4.69, 9.17) is 23.2 Å². The van der Waals surface area contributed by atoms with Gasteiger partial charge in [-0.05, 0) is 55.2 Å². The second-order valence-electron chi connectivity index (χ2n) is 8.16. The molecule has 0 atom stereocenters. The highest BCUT2D eigenvalue weighted by atomic mass is 35.5. The van der Waals surface area contributed by atoms with E-state index < -0.39 is 0 Å². The quantitative estimate of drug-likeness (QED) is 0.328. The molecule has 0 N–H and O–H groups in total. The molecular formula is C27H30Cl2N2O. The van der Waals surface area contributed by atoms with E-state index in [0.29, 0.717) is 29.7 Å². The molecule has 0 unspecified atom stereocenters. The molecule has 0 saturated heterocycles. The SMILES string of the molecule is CCCCN(Cc1ccccc1)C(=O)N(Cc1ccc(Cl)cc1Cl)c1ccc(C)cc1C. The van der Waals surface area contributed by atoms with E-state index in [2.05, 4.69) is 32.0 Å². The molecule has 0 heterocycles. The van der Waals surface area contributed by atoms with Gasteiger partial charge in [0.1, 0.15) is 0 Å². The Balaban J connectivity index is 1.99. The molecule has 2 amide bonds. The highest BCUT2D eigenvalue weighted by Crippen LogP contribution is 2.28. The lowest BCUT2D eigenvalue weighted by Crippen LogP contribution is -2.43. The minimum atomic E-state index is -0.0275. The molecule has 32 heavy (non-hydrogen) atoms. The van der Waals surface area contributed by atoms with Crippen molar-refractivity contribution < 1.29 is 4.79 Å². The van der Waals surface area contributed by atoms with Crippen molar-refractivity contribution in [3.8, 4) is 0 Å². The molecule has 168 valence electrons. The average Bonchev–Trinajstić information content (AvgIpc) is 2.77. The number of nitrogens with zero attached hydrogens (tertiary/aromatic N) is 2. The number of carbonyl (C=O) groups is 1. The van der Waals surface area contributed by atoms with Crippen LogP contribution in [0.1, 0.15) is 42.0 Å². The van der Waals surface area contributed by atoms with E-state index in [-0.39, 0.29) is 6.03 Å². The number of aryl methyl sites for hydroxylation is 2. The fraction of sp³-hybridized carbons (Fsp3) is 0.296. The van der Waals surface area contributed by atoms with Crippen molar-refractivity contribution in [1.29, 1.82) is 0 Å². The van der Waals surface area contributed by atoms with Crippen molar-refractivity contribution in [2.75, 3.05) is 11.4 Å². The summed E-state index contributed by atoms with van der Waals surface area (Å²) in [7, 11) is 0. The second kappa shape index (κ2) is 11.4. The minimum Gasteiger partial charge on any atom is -0.320 e. The molecule has 0 fully saturated rings. The Hall–Kier alpha value is -2.49. The summed E-state index contributed by atoms with van der Waals surface area (Å²) in [5, 5.41) is 1.14. The van der Waals surface area contributed by atoms with E-state index >= 15 is 0 Å². The minimum absolute atomic E-state index is 0.0275. The molecule has 3 rings (SSSR count). The third-order valence-corrected chi connectivity index (χ3v) is 6.07. The first-order chi connectivity index (χ1) is 15.4. The van der Waals surface area contributed by atoms with Crippen LogP contribution in [0.15, 0.2) is 66.7 Å². The lowest BCUT2D eigenvalue weighted by Gasteiger charge is -2.32. The van der Waals surface area contributed by atoms with E-state index in [1.807, 2.05) is 59.2 Å². The summed E-state index contributed by atoms with van der Waals surface area (Å²) in [5.74, 6) is 0. The van der Waals surface area contributed by atoms with Crippen molar-refractivity contribution >= 4 is 34.9 Å². The number of benzene rings is 3. The molecule has 0 radical (unpaired) electrons. The molecule has 0 spiro atoms. The van der Waals surface area contributed by atoms with E-state index in [1.165, 1.54) is 0 Å². The fourth-order valence-corrected chi connectivity index (χ4v) is 4.22. The van der Waals surface area contributed by atoms with Crippen LogP contribution in [0.25, 0.3) is 0 Å². The van der Waals surface area contributed by atoms with Gasteiger partial charge in [0.25, 0.3) is 0 Å². The smallest absolute Gasteiger partial charge is 0.320 e. The van der Waals surface area contributed by atoms with Crippen LogP contribution in [0.3, 0.4) is 0 Å². The Morgan fingerprint density at radius 1 is 0.906 bits per heavy atom. The fourth-order valence-electron chi connectivity index (χ4n) is 3.75. The lowest BCUT2D eigenvalue weighted by atomic mass is 10.1. The van der Waals surface area contributed by atoms with Gasteiger partial charge in [-0.25, -0.2) is 4.79 Å². The zero-order valence-corrected chi connectivity index (χ0v) is 20.5. The normalized spacial score (nSPS) is 10.8. The van der Waals surface area contributed by atoms with Crippen LogP contribution >= 0.6 is 23.2 Å². The van der Waals surface area contributed by atoms with Crippen molar-refractivity contribution in [3.63, 3.8) is 0 Å². The van der Waals surface area contributed by atoms with Gasteiger partial charge in [-0.1, -0.05) is 90.6 Å². The summed E-state index contributed by atoms with van der Waals surface area (Å²) < 4.78 is 0. The van der Waals surface area contributed by atoms with E-state index in [9.17, 15) is 4.79 Å². The summed E-state index contributed by atoms with van der Waals surface area (Å²) >= 11 is 12.6. The number of unbranched alkanes of at least 4 members (excludes halogenated alkanes) is 1. The molecule has 3 aromatic rings. The Labute approximate surface area is 201 Å². The van der Waals surface area contributed by atoms with E-state index in [0.717, 1.165) is 40.8 Å². The van der Waals surface area contributed by atoms with Gasteiger partial charge in [0.15, 0.2) is 0 Å². The van der Waals surface area contributed by atoms with Crippen molar-refractivity contribution in [3.05, 3.63) is 99.0 Å². The summed E-state index contributed by atoms with van der Waals surface area (Å²) in [5.41, 5.74) is 5.08. The van der Waals surface area contributed by atoms with Gasteiger partial charge in [-0.3, -0.25) is 4.90 Å². The number of hydrogen-bond donors (Lipinski definition) is 0. The molecule has 0 aliphatic carbocycles. The second-order valence-corrected chi connectivity index (χ2v) is 9.00. The molecule has 0 aliphatic rings. The zero-order valence-electron chi connectivity index (χ0n) is 18.9. The number of hydrogen-bond acceptors (Lipinski definition) is 1. The maximum Gasteiger partial charge on any atom is 0.325 e. The number of urea groups is 1. The van der Waals surface area contributed by atoms with Gasteiger partial charge in [0.2, 0.25) is 0 Å². The molecule has 0 bridgehead atoms. The molecule has 0 aliphatic heterocycles. The van der Waals surface area contributed by atoms with Gasteiger partial charge >= 0.3 is 6.03 Å². The van der Waals surface area contributed by atoms with Gasteiger partial charge < -0.3 is 4.90 Å². The molecular weight excluding hydrogens is 439 g/mol. The van der Waals surface area contributed by atoms with Crippen molar-refractivity contribution in [2.24, 2.45) is 0 Å². The van der Waals surface area contributed by atoms with Crippen LogP contribution in [-0.2, 0) is 13.1 Å². The third-order valence-electron chi connectivity index (χ3n) is 5.49. The number of amides is 2.